The highest BCUT2D eigenvalue weighted by Crippen LogP contribution is 2.27. The number of rotatable bonds is 7. The van der Waals surface area contributed by atoms with Gasteiger partial charge in [0, 0.05) is 18.3 Å². The van der Waals surface area contributed by atoms with Crippen LogP contribution in [0.2, 0.25) is 0 Å². The van der Waals surface area contributed by atoms with Crippen molar-refractivity contribution in [1.82, 2.24) is 0 Å². The summed E-state index contributed by atoms with van der Waals surface area (Å²) in [6, 6.07) is 13.1. The van der Waals surface area contributed by atoms with Gasteiger partial charge in [0.2, 0.25) is 11.8 Å². The molecule has 0 atom stereocenters. The Morgan fingerprint density at radius 2 is 1.78 bits per heavy atom. The first-order valence-electron chi connectivity index (χ1n) is 9.23. The Morgan fingerprint density at radius 1 is 1.11 bits per heavy atom. The van der Waals surface area contributed by atoms with E-state index in [-0.39, 0.29) is 24.3 Å². The predicted octanol–water partition coefficient (Wildman–Crippen LogP) is 4.51. The summed E-state index contributed by atoms with van der Waals surface area (Å²) in [6.07, 6.45) is 0. The van der Waals surface area contributed by atoms with Crippen LogP contribution in [-0.4, -0.2) is 25.0 Å². The van der Waals surface area contributed by atoms with Crippen molar-refractivity contribution in [2.24, 2.45) is 0 Å². The summed E-state index contributed by atoms with van der Waals surface area (Å²) in [5.74, 6) is 0.601. The van der Waals surface area contributed by atoms with Gasteiger partial charge in [-0.2, -0.15) is 0 Å². The SMILES string of the molecule is CCOc1ccc(N(CC(=O)Nc2c(C)cccc2C(C)C)C(C)=O)cc1. The number of hydrogen-bond donors (Lipinski definition) is 1. The highest BCUT2D eigenvalue weighted by atomic mass is 16.5. The zero-order valence-electron chi connectivity index (χ0n) is 16.7. The molecule has 0 unspecified atom stereocenters. The van der Waals surface area contributed by atoms with Gasteiger partial charge in [-0.1, -0.05) is 32.0 Å². The minimum atomic E-state index is -0.227. The first-order chi connectivity index (χ1) is 12.8. The molecular weight excluding hydrogens is 340 g/mol. The molecule has 0 fully saturated rings. The quantitative estimate of drug-likeness (QED) is 0.782. The summed E-state index contributed by atoms with van der Waals surface area (Å²) in [5.41, 5.74) is 3.58. The average Bonchev–Trinajstić information content (AvgIpc) is 2.62. The molecule has 5 nitrogen and oxygen atoms in total. The van der Waals surface area contributed by atoms with Gasteiger partial charge in [0.1, 0.15) is 12.3 Å². The minimum absolute atomic E-state index is 0.0464. The number of nitrogens with one attached hydrogen (secondary N) is 1. The lowest BCUT2D eigenvalue weighted by Gasteiger charge is -2.22. The van der Waals surface area contributed by atoms with E-state index in [1.54, 1.807) is 24.3 Å². The summed E-state index contributed by atoms with van der Waals surface area (Å²) in [6.45, 7) is 10.0. The number of nitrogens with zero attached hydrogens (tertiary/aromatic N) is 1. The zero-order valence-corrected chi connectivity index (χ0v) is 16.7. The molecule has 0 aromatic heterocycles. The lowest BCUT2D eigenvalue weighted by Crippen LogP contribution is -2.37. The van der Waals surface area contributed by atoms with Crippen molar-refractivity contribution >= 4 is 23.2 Å². The summed E-state index contributed by atoms with van der Waals surface area (Å²) in [7, 11) is 0. The third kappa shape index (κ3) is 5.33. The fraction of sp³-hybridized carbons (Fsp3) is 0.364. The molecule has 0 aliphatic heterocycles. The molecule has 2 aromatic carbocycles. The van der Waals surface area contributed by atoms with Gasteiger partial charge < -0.3 is 15.0 Å². The predicted molar refractivity (Wildman–Crippen MR) is 110 cm³/mol. The Bertz CT molecular complexity index is 798. The fourth-order valence-corrected chi connectivity index (χ4v) is 2.94. The van der Waals surface area contributed by atoms with Crippen LogP contribution < -0.4 is 15.0 Å². The van der Waals surface area contributed by atoms with Gasteiger partial charge in [0.15, 0.2) is 0 Å². The number of anilines is 2. The Labute approximate surface area is 161 Å². The molecule has 144 valence electrons. The number of ether oxygens (including phenoxy) is 1. The monoisotopic (exact) mass is 368 g/mol. The first kappa shape index (κ1) is 20.5. The van der Waals surface area contributed by atoms with Gasteiger partial charge in [-0.3, -0.25) is 9.59 Å². The maximum atomic E-state index is 12.7. The molecule has 0 saturated heterocycles. The van der Waals surface area contributed by atoms with E-state index < -0.39 is 0 Å². The molecule has 0 aliphatic carbocycles. The molecular formula is C22H28N2O3. The molecule has 2 amide bonds. The number of carbonyl (C=O) groups excluding carboxylic acids is 2. The van der Waals surface area contributed by atoms with Crippen LogP contribution in [0.5, 0.6) is 5.75 Å². The molecule has 0 heterocycles. The standard InChI is InChI=1S/C22H28N2O3/c1-6-27-19-12-10-18(11-13-19)24(17(5)25)14-21(26)23-22-16(4)8-7-9-20(22)15(2)3/h7-13,15H,6,14H2,1-5H3,(H,23,26). The van der Waals surface area contributed by atoms with Crippen LogP contribution in [0.4, 0.5) is 11.4 Å². The molecule has 2 aromatic rings. The summed E-state index contributed by atoms with van der Waals surface area (Å²) in [4.78, 5) is 26.2. The highest BCUT2D eigenvalue weighted by Gasteiger charge is 2.18. The van der Waals surface area contributed by atoms with Crippen LogP contribution >= 0.6 is 0 Å². The van der Waals surface area contributed by atoms with Crippen LogP contribution in [0, 0.1) is 6.92 Å². The summed E-state index contributed by atoms with van der Waals surface area (Å²) < 4.78 is 5.43. The molecule has 0 aliphatic rings. The lowest BCUT2D eigenvalue weighted by atomic mass is 9.98. The van der Waals surface area contributed by atoms with Crippen molar-refractivity contribution in [2.75, 3.05) is 23.4 Å². The third-order valence-corrected chi connectivity index (χ3v) is 4.33. The summed E-state index contributed by atoms with van der Waals surface area (Å²) in [5, 5.41) is 2.99. The number of carbonyl (C=O) groups is 2. The minimum Gasteiger partial charge on any atom is -0.494 e. The number of hydrogen-bond acceptors (Lipinski definition) is 3. The molecule has 0 saturated carbocycles. The maximum Gasteiger partial charge on any atom is 0.244 e. The second-order valence-corrected chi connectivity index (χ2v) is 6.77. The molecule has 1 N–H and O–H groups in total. The van der Waals surface area contributed by atoms with Crippen LogP contribution in [0.3, 0.4) is 0 Å². The van der Waals surface area contributed by atoms with Gasteiger partial charge in [0.05, 0.1) is 6.61 Å². The molecule has 0 bridgehead atoms. The number of benzene rings is 2. The summed E-state index contributed by atoms with van der Waals surface area (Å²) >= 11 is 0. The second kappa shape index (κ2) is 9.21. The van der Waals surface area contributed by atoms with Gasteiger partial charge >= 0.3 is 0 Å². The van der Waals surface area contributed by atoms with E-state index in [9.17, 15) is 9.59 Å². The van der Waals surface area contributed by atoms with Gasteiger partial charge in [-0.25, -0.2) is 0 Å². The number of aryl methyl sites for hydroxylation is 1. The Hall–Kier alpha value is -2.82. The normalized spacial score (nSPS) is 10.6. The van der Waals surface area contributed by atoms with Crippen molar-refractivity contribution in [3.8, 4) is 5.75 Å². The Morgan fingerprint density at radius 3 is 2.33 bits per heavy atom. The first-order valence-corrected chi connectivity index (χ1v) is 9.23. The van der Waals surface area contributed by atoms with Crippen molar-refractivity contribution in [1.29, 1.82) is 0 Å². The molecule has 27 heavy (non-hydrogen) atoms. The number of amides is 2. The van der Waals surface area contributed by atoms with E-state index in [0.717, 1.165) is 22.6 Å². The zero-order chi connectivity index (χ0) is 20.0. The van der Waals surface area contributed by atoms with E-state index in [0.29, 0.717) is 12.3 Å². The second-order valence-electron chi connectivity index (χ2n) is 6.77. The Balaban J connectivity index is 2.18. The van der Waals surface area contributed by atoms with E-state index in [1.807, 2.05) is 32.0 Å². The lowest BCUT2D eigenvalue weighted by molar-refractivity contribution is -0.120. The van der Waals surface area contributed by atoms with E-state index in [1.165, 1.54) is 11.8 Å². The Kier molecular flexibility index (Phi) is 6.99. The van der Waals surface area contributed by atoms with E-state index in [2.05, 4.69) is 19.2 Å². The molecule has 0 spiro atoms. The van der Waals surface area contributed by atoms with Crippen LogP contribution in [0.25, 0.3) is 0 Å². The topological polar surface area (TPSA) is 58.6 Å². The van der Waals surface area contributed by atoms with Crippen LogP contribution in [-0.2, 0) is 9.59 Å². The maximum absolute atomic E-state index is 12.7. The van der Waals surface area contributed by atoms with Gasteiger partial charge in [-0.15, -0.1) is 0 Å². The molecule has 2 rings (SSSR count). The van der Waals surface area contributed by atoms with Gasteiger partial charge in [-0.05, 0) is 55.2 Å². The van der Waals surface area contributed by atoms with Crippen molar-refractivity contribution < 1.29 is 14.3 Å². The van der Waals surface area contributed by atoms with E-state index in [4.69, 9.17) is 4.74 Å². The van der Waals surface area contributed by atoms with Gasteiger partial charge in [0.25, 0.3) is 0 Å². The van der Waals surface area contributed by atoms with Crippen molar-refractivity contribution in [3.63, 3.8) is 0 Å². The fourth-order valence-electron chi connectivity index (χ4n) is 2.94. The van der Waals surface area contributed by atoms with E-state index >= 15 is 0 Å². The molecule has 0 radical (unpaired) electrons. The highest BCUT2D eigenvalue weighted by molar-refractivity contribution is 6.02. The van der Waals surface area contributed by atoms with Crippen LogP contribution in [0.1, 0.15) is 44.7 Å². The average molecular weight is 368 g/mol. The molecule has 5 heteroatoms. The largest absolute Gasteiger partial charge is 0.494 e. The van der Waals surface area contributed by atoms with Crippen molar-refractivity contribution in [2.45, 2.75) is 40.5 Å². The van der Waals surface area contributed by atoms with Crippen LogP contribution in [0.15, 0.2) is 42.5 Å². The third-order valence-electron chi connectivity index (χ3n) is 4.33. The smallest absolute Gasteiger partial charge is 0.244 e. The number of para-hydroxylation sites is 1. The van der Waals surface area contributed by atoms with Crippen molar-refractivity contribution in [3.05, 3.63) is 53.6 Å².